The minimum Gasteiger partial charge on any atom is -0.389 e. The molecule has 2 rings (SSSR count). The molecule has 0 radical (unpaired) electrons. The summed E-state index contributed by atoms with van der Waals surface area (Å²) in [4.78, 5) is 13.3. The number of benzene rings is 1. The fourth-order valence-electron chi connectivity index (χ4n) is 2.44. The van der Waals surface area contributed by atoms with Crippen molar-refractivity contribution in [2.75, 3.05) is 18.0 Å². The van der Waals surface area contributed by atoms with Crippen LogP contribution in [0, 0.1) is 5.92 Å². The van der Waals surface area contributed by atoms with Crippen LogP contribution in [-0.4, -0.2) is 24.1 Å². The Bertz CT molecular complexity index is 469. The van der Waals surface area contributed by atoms with Crippen LogP contribution >= 0.6 is 11.6 Å². The molecule has 4 nitrogen and oxygen atoms in total. The highest BCUT2D eigenvalue weighted by Gasteiger charge is 2.24. The van der Waals surface area contributed by atoms with Crippen molar-refractivity contribution in [3.63, 3.8) is 0 Å². The first-order valence-electron chi connectivity index (χ1n) is 6.51. The Morgan fingerprint density at radius 2 is 2.11 bits per heavy atom. The third kappa shape index (κ3) is 3.19. The van der Waals surface area contributed by atoms with Crippen molar-refractivity contribution in [2.45, 2.75) is 25.9 Å². The van der Waals surface area contributed by atoms with E-state index in [1.807, 2.05) is 12.1 Å². The zero-order valence-corrected chi connectivity index (χ0v) is 11.7. The quantitative estimate of drug-likeness (QED) is 0.892. The Balaban J connectivity index is 2.09. The maximum atomic E-state index is 11.1. The molecule has 0 saturated carbocycles. The Morgan fingerprint density at radius 1 is 1.47 bits per heavy atom. The largest absolute Gasteiger partial charge is 0.389 e. The number of amides is 1. The van der Waals surface area contributed by atoms with E-state index in [4.69, 9.17) is 17.3 Å². The van der Waals surface area contributed by atoms with Gasteiger partial charge in [0.25, 0.3) is 0 Å². The van der Waals surface area contributed by atoms with E-state index in [-0.39, 0.29) is 11.8 Å². The lowest BCUT2D eigenvalue weighted by Gasteiger charge is -2.33. The summed E-state index contributed by atoms with van der Waals surface area (Å²) in [5, 5.41) is 10.2. The number of halogens is 1. The first-order valence-corrected chi connectivity index (χ1v) is 6.88. The van der Waals surface area contributed by atoms with E-state index in [2.05, 4.69) is 4.90 Å². The van der Waals surface area contributed by atoms with Gasteiger partial charge in [-0.3, -0.25) is 4.79 Å². The number of piperidine rings is 1. The average molecular weight is 283 g/mol. The zero-order chi connectivity index (χ0) is 14.0. The third-order valence-corrected chi connectivity index (χ3v) is 3.99. The maximum absolute atomic E-state index is 11.1. The summed E-state index contributed by atoms with van der Waals surface area (Å²) in [6.07, 6.45) is 1.01. The van der Waals surface area contributed by atoms with Crippen molar-refractivity contribution in [3.05, 3.63) is 28.8 Å². The molecular formula is C14H19ClN2O2. The van der Waals surface area contributed by atoms with Gasteiger partial charge in [0, 0.05) is 19.0 Å². The Morgan fingerprint density at radius 3 is 2.58 bits per heavy atom. The Kier molecular flexibility index (Phi) is 4.32. The molecule has 1 amide bonds. The normalized spacial score (nSPS) is 18.4. The van der Waals surface area contributed by atoms with E-state index in [1.165, 1.54) is 0 Å². The summed E-state index contributed by atoms with van der Waals surface area (Å²) < 4.78 is 0. The summed E-state index contributed by atoms with van der Waals surface area (Å²) in [5.74, 6) is -0.234. The molecule has 3 N–H and O–H groups in total. The van der Waals surface area contributed by atoms with Crippen molar-refractivity contribution in [1.29, 1.82) is 0 Å². The van der Waals surface area contributed by atoms with E-state index in [1.54, 1.807) is 13.0 Å². The van der Waals surface area contributed by atoms with E-state index in [0.717, 1.165) is 37.2 Å². The molecule has 1 saturated heterocycles. The molecule has 1 aliphatic heterocycles. The number of nitrogens with zero attached hydrogens (tertiary/aromatic N) is 1. The van der Waals surface area contributed by atoms with Gasteiger partial charge in [0.15, 0.2) is 0 Å². The van der Waals surface area contributed by atoms with Gasteiger partial charge in [-0.15, -0.1) is 0 Å². The summed E-state index contributed by atoms with van der Waals surface area (Å²) in [7, 11) is 0. The highest BCUT2D eigenvalue weighted by molar-refractivity contribution is 6.33. The number of hydrogen-bond donors (Lipinski definition) is 2. The van der Waals surface area contributed by atoms with Gasteiger partial charge in [-0.25, -0.2) is 0 Å². The number of primary amides is 1. The SMILES string of the molecule is C[C@H](O)c1ccc(N2CCC(C(N)=O)CC2)c(Cl)c1. The number of carbonyl (C=O) groups is 1. The topological polar surface area (TPSA) is 66.6 Å². The molecule has 1 fully saturated rings. The molecule has 1 aromatic carbocycles. The van der Waals surface area contributed by atoms with Crippen molar-refractivity contribution in [2.24, 2.45) is 11.7 Å². The fourth-order valence-corrected chi connectivity index (χ4v) is 2.75. The van der Waals surface area contributed by atoms with Gasteiger partial charge in [-0.1, -0.05) is 17.7 Å². The third-order valence-electron chi connectivity index (χ3n) is 3.69. The highest BCUT2D eigenvalue weighted by atomic mass is 35.5. The van der Waals surface area contributed by atoms with E-state index < -0.39 is 6.10 Å². The summed E-state index contributed by atoms with van der Waals surface area (Å²) in [5.41, 5.74) is 7.08. The van der Waals surface area contributed by atoms with Crippen LogP contribution in [0.5, 0.6) is 0 Å². The minimum absolute atomic E-state index is 0.0215. The first kappa shape index (κ1) is 14.2. The van der Waals surface area contributed by atoms with E-state index in [9.17, 15) is 9.90 Å². The number of nitrogens with two attached hydrogens (primary N) is 1. The van der Waals surface area contributed by atoms with Crippen molar-refractivity contribution in [1.82, 2.24) is 0 Å². The second-order valence-corrected chi connectivity index (χ2v) is 5.46. The van der Waals surface area contributed by atoms with Crippen molar-refractivity contribution < 1.29 is 9.90 Å². The average Bonchev–Trinajstić information content (AvgIpc) is 2.38. The van der Waals surface area contributed by atoms with Gasteiger partial charge in [0.2, 0.25) is 5.91 Å². The molecule has 0 aromatic heterocycles. The summed E-state index contributed by atoms with van der Waals surface area (Å²) in [6, 6.07) is 5.60. The molecule has 0 spiro atoms. The maximum Gasteiger partial charge on any atom is 0.220 e. The lowest BCUT2D eigenvalue weighted by molar-refractivity contribution is -0.122. The number of carbonyl (C=O) groups excluding carboxylic acids is 1. The molecule has 0 aliphatic carbocycles. The van der Waals surface area contributed by atoms with Crippen molar-refractivity contribution >= 4 is 23.2 Å². The molecule has 19 heavy (non-hydrogen) atoms. The van der Waals surface area contributed by atoms with Gasteiger partial charge < -0.3 is 15.7 Å². The summed E-state index contributed by atoms with van der Waals surface area (Å²) in [6.45, 7) is 3.27. The van der Waals surface area contributed by atoms with Gasteiger partial charge in [0.05, 0.1) is 16.8 Å². The number of hydrogen-bond acceptors (Lipinski definition) is 3. The molecule has 0 unspecified atom stereocenters. The summed E-state index contributed by atoms with van der Waals surface area (Å²) >= 11 is 6.26. The minimum atomic E-state index is -0.521. The van der Waals surface area contributed by atoms with Crippen LogP contribution in [-0.2, 0) is 4.79 Å². The number of anilines is 1. The smallest absolute Gasteiger partial charge is 0.220 e. The van der Waals surface area contributed by atoms with Crippen molar-refractivity contribution in [3.8, 4) is 0 Å². The standard InChI is InChI=1S/C14H19ClN2O2/c1-9(18)11-2-3-13(12(15)8-11)17-6-4-10(5-7-17)14(16)19/h2-3,8-10,18H,4-7H2,1H3,(H2,16,19)/t9-/m0/s1. The molecule has 1 aromatic rings. The number of aliphatic hydroxyl groups is 1. The van der Waals surface area contributed by atoms with Crippen LogP contribution < -0.4 is 10.6 Å². The number of rotatable bonds is 3. The highest BCUT2D eigenvalue weighted by Crippen LogP contribution is 2.31. The Hall–Kier alpha value is -1.26. The van der Waals surface area contributed by atoms with Crippen LogP contribution in [0.2, 0.25) is 5.02 Å². The van der Waals surface area contributed by atoms with Crippen LogP contribution in [0.15, 0.2) is 18.2 Å². The second-order valence-electron chi connectivity index (χ2n) is 5.05. The molecule has 1 atom stereocenters. The van der Waals surface area contributed by atoms with Crippen LogP contribution in [0.3, 0.4) is 0 Å². The fraction of sp³-hybridized carbons (Fsp3) is 0.500. The lowest BCUT2D eigenvalue weighted by Crippen LogP contribution is -2.38. The second kappa shape index (κ2) is 5.80. The van der Waals surface area contributed by atoms with Crippen LogP contribution in [0.1, 0.15) is 31.4 Å². The lowest BCUT2D eigenvalue weighted by atomic mass is 9.96. The monoisotopic (exact) mass is 282 g/mol. The molecule has 5 heteroatoms. The predicted molar refractivity (Wildman–Crippen MR) is 76.2 cm³/mol. The van der Waals surface area contributed by atoms with Gasteiger partial charge in [-0.2, -0.15) is 0 Å². The van der Waals surface area contributed by atoms with E-state index >= 15 is 0 Å². The zero-order valence-electron chi connectivity index (χ0n) is 11.0. The van der Waals surface area contributed by atoms with Crippen LogP contribution in [0.25, 0.3) is 0 Å². The van der Waals surface area contributed by atoms with E-state index in [0.29, 0.717) is 5.02 Å². The van der Waals surface area contributed by atoms with Gasteiger partial charge >= 0.3 is 0 Å². The molecule has 1 heterocycles. The van der Waals surface area contributed by atoms with Gasteiger partial charge in [-0.05, 0) is 37.5 Å². The number of aliphatic hydroxyl groups excluding tert-OH is 1. The van der Waals surface area contributed by atoms with Gasteiger partial charge in [0.1, 0.15) is 0 Å². The molecule has 0 bridgehead atoms. The predicted octanol–water partition coefficient (Wildman–Crippen LogP) is 2.09. The molecular weight excluding hydrogens is 264 g/mol. The molecule has 1 aliphatic rings. The Labute approximate surface area is 118 Å². The molecule has 104 valence electrons. The van der Waals surface area contributed by atoms with Crippen LogP contribution in [0.4, 0.5) is 5.69 Å². The first-order chi connectivity index (χ1) is 8.99.